The summed E-state index contributed by atoms with van der Waals surface area (Å²) in [5, 5.41) is 9.86. The summed E-state index contributed by atoms with van der Waals surface area (Å²) in [5.41, 5.74) is 5.13. The van der Waals surface area contributed by atoms with Gasteiger partial charge in [-0.15, -0.1) is 0 Å². The van der Waals surface area contributed by atoms with Crippen molar-refractivity contribution < 1.29 is 19.4 Å². The maximum absolute atomic E-state index is 13.4. The Morgan fingerprint density at radius 2 is 1.59 bits per heavy atom. The van der Waals surface area contributed by atoms with Gasteiger partial charge in [-0.05, 0) is 92.3 Å². The van der Waals surface area contributed by atoms with E-state index >= 15 is 0 Å². The number of hydrogen-bond acceptors (Lipinski definition) is 3. The molecule has 0 bridgehead atoms. The number of benzene rings is 3. The maximum Gasteiger partial charge on any atom is 0.303 e. The molecule has 1 N–H and O–H groups in total. The second-order valence-electron chi connectivity index (χ2n) is 11.3. The van der Waals surface area contributed by atoms with Gasteiger partial charge in [-0.25, -0.2) is 0 Å². The van der Waals surface area contributed by atoms with Gasteiger partial charge in [0, 0.05) is 41.2 Å². The van der Waals surface area contributed by atoms with Crippen molar-refractivity contribution in [1.82, 2.24) is 4.57 Å². The number of para-hydroxylation sites is 1. The second kappa shape index (κ2) is 14.2. The summed E-state index contributed by atoms with van der Waals surface area (Å²) in [6.45, 7) is 1.22. The van der Waals surface area contributed by atoms with Gasteiger partial charge in [0.25, 0.3) is 0 Å². The van der Waals surface area contributed by atoms with Gasteiger partial charge < -0.3 is 14.4 Å². The highest BCUT2D eigenvalue weighted by molar-refractivity contribution is 6.16. The van der Waals surface area contributed by atoms with Crippen LogP contribution in [0.25, 0.3) is 10.9 Å². The molecule has 1 saturated carbocycles. The van der Waals surface area contributed by atoms with Crippen LogP contribution >= 0.6 is 0 Å². The third-order valence-corrected chi connectivity index (χ3v) is 8.37. The van der Waals surface area contributed by atoms with Gasteiger partial charge in [0.15, 0.2) is 5.78 Å². The van der Waals surface area contributed by atoms with Crippen LogP contribution in [0.1, 0.15) is 97.2 Å². The first-order chi connectivity index (χ1) is 20.1. The summed E-state index contributed by atoms with van der Waals surface area (Å²) < 4.78 is 7.94. The molecule has 1 aromatic heterocycles. The molecule has 0 unspecified atom stereocenters. The Bertz CT molecular complexity index is 1430. The third-order valence-electron chi connectivity index (χ3n) is 8.37. The zero-order chi connectivity index (χ0) is 28.4. The molecule has 1 heterocycles. The van der Waals surface area contributed by atoms with E-state index in [1.165, 1.54) is 43.2 Å². The Morgan fingerprint density at radius 3 is 2.34 bits per heavy atom. The lowest BCUT2D eigenvalue weighted by molar-refractivity contribution is -0.137. The Morgan fingerprint density at radius 1 is 0.829 bits per heavy atom. The van der Waals surface area contributed by atoms with Crippen LogP contribution in [0.4, 0.5) is 0 Å². The first-order valence-electron chi connectivity index (χ1n) is 15.2. The zero-order valence-corrected chi connectivity index (χ0v) is 23.9. The number of nitrogens with zero attached hydrogens (tertiary/aromatic N) is 1. The molecule has 41 heavy (non-hydrogen) atoms. The zero-order valence-electron chi connectivity index (χ0n) is 23.9. The molecule has 1 fully saturated rings. The fourth-order valence-corrected chi connectivity index (χ4v) is 6.06. The highest BCUT2D eigenvalue weighted by Gasteiger charge is 2.17. The summed E-state index contributed by atoms with van der Waals surface area (Å²) >= 11 is 0. The summed E-state index contributed by atoms with van der Waals surface area (Å²) in [5.74, 6) is 0.688. The Hall–Kier alpha value is -3.86. The number of unbranched alkanes of at least 4 members (excludes halogenated alkanes) is 2. The number of carbonyl (C=O) groups excluding carboxylic acids is 1. The quantitative estimate of drug-likeness (QED) is 0.126. The molecule has 3 aromatic carbocycles. The number of fused-ring (bicyclic) bond motifs is 1. The predicted octanol–water partition coefficient (Wildman–Crippen LogP) is 8.58. The lowest BCUT2D eigenvalue weighted by atomic mass is 9.84. The van der Waals surface area contributed by atoms with E-state index in [0.29, 0.717) is 30.7 Å². The number of carboxylic acids is 1. The van der Waals surface area contributed by atoms with E-state index in [1.54, 1.807) is 0 Å². The molecule has 214 valence electrons. The van der Waals surface area contributed by atoms with Crippen molar-refractivity contribution in [2.45, 2.75) is 83.1 Å². The van der Waals surface area contributed by atoms with Gasteiger partial charge in [-0.3, -0.25) is 9.59 Å². The van der Waals surface area contributed by atoms with Crippen LogP contribution in [0.5, 0.6) is 5.75 Å². The van der Waals surface area contributed by atoms with Gasteiger partial charge in [0.1, 0.15) is 5.75 Å². The summed E-state index contributed by atoms with van der Waals surface area (Å²) in [7, 11) is 0. The topological polar surface area (TPSA) is 68.5 Å². The van der Waals surface area contributed by atoms with Gasteiger partial charge in [-0.1, -0.05) is 61.7 Å². The molecule has 4 aromatic rings. The minimum Gasteiger partial charge on any atom is -0.494 e. The molecule has 0 amide bonds. The smallest absolute Gasteiger partial charge is 0.303 e. The molecule has 1 aliphatic carbocycles. The third kappa shape index (κ3) is 7.66. The van der Waals surface area contributed by atoms with E-state index in [0.717, 1.165) is 48.3 Å². The molecule has 5 rings (SSSR count). The number of aliphatic carboxylic acids is 1. The van der Waals surface area contributed by atoms with Crippen molar-refractivity contribution in [1.29, 1.82) is 0 Å². The SMILES string of the molecule is O=C(O)CCCn1cc(C(=O)c2ccc(OCCCCCc3ccc(C4CCCCC4)cc3)cc2)c2ccccc21. The number of rotatable bonds is 14. The molecule has 1 aliphatic rings. The summed E-state index contributed by atoms with van der Waals surface area (Å²) in [4.78, 5) is 24.3. The van der Waals surface area contributed by atoms with E-state index in [4.69, 9.17) is 9.84 Å². The average Bonchev–Trinajstić information content (AvgIpc) is 3.38. The van der Waals surface area contributed by atoms with Crippen LogP contribution in [0.15, 0.2) is 79.0 Å². The second-order valence-corrected chi connectivity index (χ2v) is 11.3. The summed E-state index contributed by atoms with van der Waals surface area (Å²) in [6, 6.07) is 24.5. The van der Waals surface area contributed by atoms with Crippen molar-refractivity contribution in [3.05, 3.63) is 101 Å². The molecular formula is C36H41NO4. The van der Waals surface area contributed by atoms with Crippen molar-refractivity contribution in [2.24, 2.45) is 0 Å². The maximum atomic E-state index is 13.4. The average molecular weight is 552 g/mol. The Balaban J connectivity index is 1.07. The monoisotopic (exact) mass is 551 g/mol. The molecule has 5 nitrogen and oxygen atoms in total. The molecule has 0 spiro atoms. The molecule has 0 atom stereocenters. The van der Waals surface area contributed by atoms with Crippen molar-refractivity contribution in [3.8, 4) is 5.75 Å². The highest BCUT2D eigenvalue weighted by atomic mass is 16.5. The van der Waals surface area contributed by atoms with Gasteiger partial charge in [0.05, 0.1) is 6.61 Å². The standard InChI is InChI=1S/C36H41NO4/c38-35(39)15-9-24-37-26-33(32-13-6-7-14-34(32)37)36(40)30-20-22-31(23-21-30)41-25-8-2-3-10-27-16-18-29(19-17-27)28-11-4-1-5-12-28/h6-7,13-14,16-23,26,28H,1-5,8-12,15,24-25H2,(H,38,39). The minimum absolute atomic E-state index is 0.0449. The fourth-order valence-electron chi connectivity index (χ4n) is 6.06. The predicted molar refractivity (Wildman–Crippen MR) is 164 cm³/mol. The molecule has 0 saturated heterocycles. The van der Waals surface area contributed by atoms with Crippen molar-refractivity contribution in [3.63, 3.8) is 0 Å². The van der Waals surface area contributed by atoms with Crippen LogP contribution in [-0.2, 0) is 17.8 Å². The number of carbonyl (C=O) groups is 2. The van der Waals surface area contributed by atoms with Gasteiger partial charge in [-0.2, -0.15) is 0 Å². The van der Waals surface area contributed by atoms with Crippen molar-refractivity contribution in [2.75, 3.05) is 6.61 Å². The highest BCUT2D eigenvalue weighted by Crippen LogP contribution is 2.32. The van der Waals surface area contributed by atoms with Crippen LogP contribution < -0.4 is 4.74 Å². The number of hydrogen-bond donors (Lipinski definition) is 1. The molecule has 0 radical (unpaired) electrons. The normalized spacial score (nSPS) is 13.9. The minimum atomic E-state index is -0.810. The Labute approximate surface area is 243 Å². The number of aryl methyl sites for hydroxylation is 2. The van der Waals surface area contributed by atoms with E-state index in [2.05, 4.69) is 24.3 Å². The molecular weight excluding hydrogens is 510 g/mol. The van der Waals surface area contributed by atoms with E-state index in [9.17, 15) is 9.59 Å². The Kier molecular flexibility index (Phi) is 9.90. The van der Waals surface area contributed by atoms with E-state index < -0.39 is 5.97 Å². The molecule has 5 heteroatoms. The van der Waals surface area contributed by atoms with Crippen LogP contribution in [0.2, 0.25) is 0 Å². The summed E-state index contributed by atoms with van der Waals surface area (Å²) in [6.07, 6.45) is 13.7. The first-order valence-corrected chi connectivity index (χ1v) is 15.2. The first kappa shape index (κ1) is 28.7. The fraction of sp³-hybridized carbons (Fsp3) is 0.389. The van der Waals surface area contributed by atoms with Crippen LogP contribution in [-0.4, -0.2) is 28.0 Å². The van der Waals surface area contributed by atoms with Gasteiger partial charge in [0.2, 0.25) is 0 Å². The van der Waals surface area contributed by atoms with Crippen molar-refractivity contribution >= 4 is 22.7 Å². The van der Waals surface area contributed by atoms with Crippen LogP contribution in [0.3, 0.4) is 0 Å². The van der Waals surface area contributed by atoms with Gasteiger partial charge >= 0.3 is 5.97 Å². The number of ketones is 1. The number of carboxylic acid groups (broad SMARTS) is 1. The van der Waals surface area contributed by atoms with Crippen LogP contribution in [0, 0.1) is 0 Å². The lowest BCUT2D eigenvalue weighted by Crippen LogP contribution is -2.04. The largest absolute Gasteiger partial charge is 0.494 e. The van der Waals surface area contributed by atoms with E-state index in [-0.39, 0.29) is 12.2 Å². The van der Waals surface area contributed by atoms with E-state index in [1.807, 2.05) is 59.3 Å². The lowest BCUT2D eigenvalue weighted by Gasteiger charge is -2.22. The number of aromatic nitrogens is 1. The number of ether oxygens (including phenoxy) is 1. The molecule has 0 aliphatic heterocycles.